The molecular weight excluding hydrogens is 240 g/mol. The Morgan fingerprint density at radius 2 is 1.67 bits per heavy atom. The molecule has 1 fully saturated rings. The van der Waals surface area contributed by atoms with E-state index in [0.29, 0.717) is 22.7 Å². The number of carbonyl (C=O) groups is 1. The minimum absolute atomic E-state index is 0.295. The molecule has 2 nitrogen and oxygen atoms in total. The van der Waals surface area contributed by atoms with Gasteiger partial charge in [-0.3, -0.25) is 4.79 Å². The molecule has 0 saturated heterocycles. The van der Waals surface area contributed by atoms with E-state index in [1.54, 1.807) is 6.92 Å². The van der Waals surface area contributed by atoms with Gasteiger partial charge in [0.15, 0.2) is 8.32 Å². The molecule has 0 N–H and O–H groups in total. The Bertz CT molecular complexity index is 283. The lowest BCUT2D eigenvalue weighted by Crippen LogP contribution is -2.42. The molecule has 1 saturated carbocycles. The highest BCUT2D eigenvalue weighted by molar-refractivity contribution is 6.74. The van der Waals surface area contributed by atoms with Crippen molar-refractivity contribution < 1.29 is 9.22 Å². The van der Waals surface area contributed by atoms with Crippen LogP contribution in [0.1, 0.15) is 53.4 Å². The Kier molecular flexibility index (Phi) is 5.19. The van der Waals surface area contributed by atoms with Crippen LogP contribution in [0.15, 0.2) is 0 Å². The van der Waals surface area contributed by atoms with Crippen molar-refractivity contribution in [2.45, 2.75) is 71.5 Å². The maximum absolute atomic E-state index is 11.3. The summed E-state index contributed by atoms with van der Waals surface area (Å²) in [5, 5.41) is 0.295. The van der Waals surface area contributed by atoms with Crippen LogP contribution in [0.2, 0.25) is 18.1 Å². The number of hydrogen-bond donors (Lipinski definition) is 0. The topological polar surface area (TPSA) is 26.3 Å². The Labute approximate surface area is 114 Å². The van der Waals surface area contributed by atoms with Gasteiger partial charge in [-0.1, -0.05) is 20.8 Å². The maximum atomic E-state index is 11.3. The molecule has 1 aliphatic rings. The minimum Gasteiger partial charge on any atom is -0.417 e. The van der Waals surface area contributed by atoms with Crippen LogP contribution in [0.25, 0.3) is 0 Å². The summed E-state index contributed by atoms with van der Waals surface area (Å²) in [4.78, 5) is 11.3. The fourth-order valence-electron chi connectivity index (χ4n) is 2.28. The minimum atomic E-state index is -1.59. The predicted octanol–water partition coefficient (Wildman–Crippen LogP) is 4.40. The fourth-order valence-corrected chi connectivity index (χ4v) is 3.36. The zero-order valence-corrected chi connectivity index (χ0v) is 14.0. The first-order valence-electron chi connectivity index (χ1n) is 7.28. The Morgan fingerprint density at radius 3 is 2.06 bits per heavy atom. The Hall–Kier alpha value is -0.153. The number of carbonyl (C=O) groups excluding carboxylic acids is 1. The summed E-state index contributed by atoms with van der Waals surface area (Å²) >= 11 is 0. The molecule has 106 valence electrons. The van der Waals surface area contributed by atoms with Gasteiger partial charge in [-0.2, -0.15) is 0 Å². The molecule has 0 radical (unpaired) electrons. The van der Waals surface area contributed by atoms with Crippen LogP contribution >= 0.6 is 0 Å². The highest BCUT2D eigenvalue weighted by Crippen LogP contribution is 2.38. The fraction of sp³-hybridized carbons (Fsp3) is 0.933. The number of ketones is 1. The second-order valence-electron chi connectivity index (χ2n) is 7.40. The van der Waals surface area contributed by atoms with E-state index < -0.39 is 8.32 Å². The standard InChI is InChI=1S/C15H30O2Si/c1-12(16)14-9-7-13(8-10-14)11-17-18(5,6)15(2,3)4/h13-14H,7-11H2,1-6H3. The highest BCUT2D eigenvalue weighted by atomic mass is 28.4. The summed E-state index contributed by atoms with van der Waals surface area (Å²) in [6.07, 6.45) is 4.47. The van der Waals surface area contributed by atoms with Gasteiger partial charge in [-0.05, 0) is 56.7 Å². The van der Waals surface area contributed by atoms with Crippen LogP contribution in [0.3, 0.4) is 0 Å². The van der Waals surface area contributed by atoms with Gasteiger partial charge in [0.1, 0.15) is 5.78 Å². The third-order valence-corrected chi connectivity index (χ3v) is 9.41. The van der Waals surface area contributed by atoms with E-state index in [4.69, 9.17) is 4.43 Å². The van der Waals surface area contributed by atoms with Crippen molar-refractivity contribution in [1.29, 1.82) is 0 Å². The molecule has 0 unspecified atom stereocenters. The first kappa shape index (κ1) is 15.9. The zero-order valence-electron chi connectivity index (χ0n) is 13.0. The molecule has 0 heterocycles. The van der Waals surface area contributed by atoms with Crippen LogP contribution in [-0.4, -0.2) is 20.7 Å². The molecule has 0 aromatic rings. The normalized spacial score (nSPS) is 26.1. The van der Waals surface area contributed by atoms with Gasteiger partial charge in [-0.25, -0.2) is 0 Å². The smallest absolute Gasteiger partial charge is 0.191 e. The van der Waals surface area contributed by atoms with Gasteiger partial charge < -0.3 is 4.43 Å². The number of Topliss-reactive ketones (excluding diaryl/α,β-unsaturated/α-hetero) is 1. The summed E-state index contributed by atoms with van der Waals surface area (Å²) in [5.41, 5.74) is 0. The molecule has 1 rings (SSSR count). The van der Waals surface area contributed by atoms with Crippen molar-refractivity contribution in [2.75, 3.05) is 6.61 Å². The van der Waals surface area contributed by atoms with Crippen LogP contribution in [-0.2, 0) is 9.22 Å². The molecule has 1 aliphatic carbocycles. The monoisotopic (exact) mass is 270 g/mol. The predicted molar refractivity (Wildman–Crippen MR) is 79.3 cm³/mol. The molecule has 0 aliphatic heterocycles. The largest absolute Gasteiger partial charge is 0.417 e. The molecule has 0 spiro atoms. The molecule has 0 bridgehead atoms. The number of hydrogen-bond acceptors (Lipinski definition) is 2. The summed E-state index contributed by atoms with van der Waals surface area (Å²) < 4.78 is 6.28. The Morgan fingerprint density at radius 1 is 1.17 bits per heavy atom. The van der Waals surface area contributed by atoms with Crippen LogP contribution in [0, 0.1) is 11.8 Å². The average molecular weight is 270 g/mol. The first-order chi connectivity index (χ1) is 8.13. The van der Waals surface area contributed by atoms with Crippen molar-refractivity contribution in [1.82, 2.24) is 0 Å². The van der Waals surface area contributed by atoms with Gasteiger partial charge >= 0.3 is 0 Å². The molecule has 0 aromatic heterocycles. The van der Waals surface area contributed by atoms with Crippen LogP contribution < -0.4 is 0 Å². The third-order valence-electron chi connectivity index (χ3n) is 4.91. The van der Waals surface area contributed by atoms with E-state index >= 15 is 0 Å². The SMILES string of the molecule is CC(=O)C1CCC(CO[Si](C)(C)C(C)(C)C)CC1. The van der Waals surface area contributed by atoms with E-state index in [2.05, 4.69) is 33.9 Å². The second kappa shape index (κ2) is 5.87. The lowest BCUT2D eigenvalue weighted by molar-refractivity contribution is -0.122. The number of rotatable bonds is 4. The molecular formula is C15H30O2Si. The van der Waals surface area contributed by atoms with Gasteiger partial charge in [0.2, 0.25) is 0 Å². The molecule has 18 heavy (non-hydrogen) atoms. The summed E-state index contributed by atoms with van der Waals surface area (Å²) in [7, 11) is -1.59. The molecule has 3 heteroatoms. The van der Waals surface area contributed by atoms with Gasteiger partial charge in [0.25, 0.3) is 0 Å². The summed E-state index contributed by atoms with van der Waals surface area (Å²) in [6.45, 7) is 14.1. The maximum Gasteiger partial charge on any atom is 0.191 e. The van der Waals surface area contributed by atoms with Crippen LogP contribution in [0.5, 0.6) is 0 Å². The van der Waals surface area contributed by atoms with E-state index in [1.807, 2.05) is 0 Å². The lowest BCUT2D eigenvalue weighted by atomic mass is 9.81. The second-order valence-corrected chi connectivity index (χ2v) is 12.2. The Balaban J connectivity index is 2.36. The van der Waals surface area contributed by atoms with Gasteiger partial charge in [0.05, 0.1) is 0 Å². The molecule has 0 atom stereocenters. The van der Waals surface area contributed by atoms with Gasteiger partial charge in [0, 0.05) is 12.5 Å². The van der Waals surface area contributed by atoms with Crippen molar-refractivity contribution >= 4 is 14.1 Å². The van der Waals surface area contributed by atoms with E-state index in [9.17, 15) is 4.79 Å². The van der Waals surface area contributed by atoms with Gasteiger partial charge in [-0.15, -0.1) is 0 Å². The van der Waals surface area contributed by atoms with Crippen molar-refractivity contribution in [3.63, 3.8) is 0 Å². The zero-order chi connectivity index (χ0) is 14.0. The summed E-state index contributed by atoms with van der Waals surface area (Å²) in [6, 6.07) is 0. The van der Waals surface area contributed by atoms with E-state index in [-0.39, 0.29) is 0 Å². The van der Waals surface area contributed by atoms with Crippen molar-refractivity contribution in [3.8, 4) is 0 Å². The molecule has 0 amide bonds. The van der Waals surface area contributed by atoms with Crippen LogP contribution in [0.4, 0.5) is 0 Å². The average Bonchev–Trinajstić information content (AvgIpc) is 2.25. The lowest BCUT2D eigenvalue weighted by Gasteiger charge is -2.38. The third kappa shape index (κ3) is 4.20. The molecule has 0 aromatic carbocycles. The first-order valence-corrected chi connectivity index (χ1v) is 10.2. The van der Waals surface area contributed by atoms with E-state index in [1.165, 1.54) is 12.8 Å². The quantitative estimate of drug-likeness (QED) is 0.708. The van der Waals surface area contributed by atoms with Crippen molar-refractivity contribution in [2.24, 2.45) is 11.8 Å². The van der Waals surface area contributed by atoms with E-state index in [0.717, 1.165) is 19.4 Å². The summed E-state index contributed by atoms with van der Waals surface area (Å²) in [5.74, 6) is 1.38. The van der Waals surface area contributed by atoms with Crippen molar-refractivity contribution in [3.05, 3.63) is 0 Å². The highest BCUT2D eigenvalue weighted by Gasteiger charge is 2.37.